The van der Waals surface area contributed by atoms with Gasteiger partial charge in [0, 0.05) is 33.0 Å². The predicted octanol–water partition coefficient (Wildman–Crippen LogP) is 0.733. The molecule has 1 aromatic carbocycles. The lowest BCUT2D eigenvalue weighted by Crippen LogP contribution is -2.43. The molecule has 0 aliphatic rings. The number of hydrogen-bond donors (Lipinski definition) is 1. The van der Waals surface area contributed by atoms with Gasteiger partial charge in [-0.3, -0.25) is 19.1 Å². The minimum absolute atomic E-state index is 0.183. The van der Waals surface area contributed by atoms with Gasteiger partial charge in [-0.1, -0.05) is 6.07 Å². The zero-order chi connectivity index (χ0) is 24.2. The third-order valence-corrected chi connectivity index (χ3v) is 5.36. The van der Waals surface area contributed by atoms with Crippen molar-refractivity contribution in [1.29, 1.82) is 0 Å². The van der Waals surface area contributed by atoms with Crippen LogP contribution in [0, 0.1) is 0 Å². The normalized spacial score (nSPS) is 10.9. The Labute approximate surface area is 194 Å². The Bertz CT molecular complexity index is 1450. The summed E-state index contributed by atoms with van der Waals surface area (Å²) in [5.41, 5.74) is 1.09. The van der Waals surface area contributed by atoms with Crippen LogP contribution in [0.2, 0.25) is 0 Å². The fourth-order valence-electron chi connectivity index (χ4n) is 3.52. The van der Waals surface area contributed by atoms with Crippen LogP contribution in [0.15, 0.2) is 58.6 Å². The Morgan fingerprint density at radius 3 is 2.56 bits per heavy atom. The summed E-state index contributed by atoms with van der Waals surface area (Å²) in [7, 11) is 4.70. The highest BCUT2D eigenvalue weighted by Crippen LogP contribution is 2.28. The van der Waals surface area contributed by atoms with Crippen molar-refractivity contribution < 1.29 is 14.3 Å². The Hall–Kier alpha value is -4.41. The number of rotatable bonds is 8. The molecule has 1 N–H and O–H groups in total. The average molecular weight is 464 g/mol. The van der Waals surface area contributed by atoms with Crippen molar-refractivity contribution in [2.75, 3.05) is 7.11 Å². The van der Waals surface area contributed by atoms with E-state index in [2.05, 4.69) is 15.3 Å². The van der Waals surface area contributed by atoms with E-state index in [9.17, 15) is 14.4 Å². The predicted molar refractivity (Wildman–Crippen MR) is 124 cm³/mol. The second kappa shape index (κ2) is 9.61. The largest absolute Gasteiger partial charge is 0.493 e. The lowest BCUT2D eigenvalue weighted by atomic mass is 10.2. The SMILES string of the molecule is COc1cc(CNC(=O)Cn2c(=O)c3c(ncn3C)n(C)c2=O)ccc1OCc1ccncc1. The summed E-state index contributed by atoms with van der Waals surface area (Å²) in [5.74, 6) is 0.610. The number of pyridine rings is 1. The third kappa shape index (κ3) is 4.53. The summed E-state index contributed by atoms with van der Waals surface area (Å²) in [4.78, 5) is 45.9. The number of aromatic nitrogens is 5. The van der Waals surface area contributed by atoms with E-state index in [4.69, 9.17) is 9.47 Å². The van der Waals surface area contributed by atoms with Crippen LogP contribution in [0.5, 0.6) is 11.5 Å². The standard InChI is InChI=1S/C23H24N6O5/c1-27-14-26-21-20(27)22(31)29(23(32)28(21)2)12-19(30)25-11-16-4-5-17(18(10-16)33-3)34-13-15-6-8-24-9-7-15/h4-10,14H,11-13H2,1-3H3,(H,25,30). The van der Waals surface area contributed by atoms with E-state index in [1.54, 1.807) is 37.6 Å². The highest BCUT2D eigenvalue weighted by molar-refractivity contribution is 5.76. The van der Waals surface area contributed by atoms with Crippen LogP contribution >= 0.6 is 0 Å². The number of aryl methyl sites for hydroxylation is 2. The Morgan fingerprint density at radius 1 is 1.06 bits per heavy atom. The van der Waals surface area contributed by atoms with Crippen molar-refractivity contribution in [3.05, 3.63) is 81.0 Å². The van der Waals surface area contributed by atoms with Gasteiger partial charge >= 0.3 is 5.69 Å². The highest BCUT2D eigenvalue weighted by atomic mass is 16.5. The van der Waals surface area contributed by atoms with E-state index in [0.717, 1.165) is 15.7 Å². The number of amides is 1. The van der Waals surface area contributed by atoms with Crippen molar-refractivity contribution in [3.8, 4) is 11.5 Å². The van der Waals surface area contributed by atoms with E-state index in [0.29, 0.717) is 18.1 Å². The van der Waals surface area contributed by atoms with Crippen LogP contribution in [0.4, 0.5) is 0 Å². The summed E-state index contributed by atoms with van der Waals surface area (Å²) < 4.78 is 14.9. The molecule has 11 nitrogen and oxygen atoms in total. The molecule has 0 unspecified atom stereocenters. The molecule has 0 aliphatic carbocycles. The first-order chi connectivity index (χ1) is 16.4. The molecule has 3 aromatic heterocycles. The zero-order valence-electron chi connectivity index (χ0n) is 19.0. The lowest BCUT2D eigenvalue weighted by Gasteiger charge is -2.13. The molecule has 0 saturated heterocycles. The van der Waals surface area contributed by atoms with Gasteiger partial charge in [0.2, 0.25) is 5.91 Å². The third-order valence-electron chi connectivity index (χ3n) is 5.36. The topological polar surface area (TPSA) is 122 Å². The van der Waals surface area contributed by atoms with E-state index in [1.165, 1.54) is 29.6 Å². The Balaban J connectivity index is 1.44. The molecule has 1 amide bonds. The summed E-state index contributed by atoms with van der Waals surface area (Å²) >= 11 is 0. The number of carbonyl (C=O) groups excluding carboxylic acids is 1. The van der Waals surface area contributed by atoms with Crippen molar-refractivity contribution >= 4 is 17.1 Å². The van der Waals surface area contributed by atoms with E-state index < -0.39 is 23.7 Å². The van der Waals surface area contributed by atoms with Crippen LogP contribution in [0.1, 0.15) is 11.1 Å². The molecular formula is C23H24N6O5. The molecule has 0 aliphatic heterocycles. The van der Waals surface area contributed by atoms with Gasteiger partial charge in [0.25, 0.3) is 5.56 Å². The molecule has 0 saturated carbocycles. The molecule has 3 heterocycles. The highest BCUT2D eigenvalue weighted by Gasteiger charge is 2.17. The number of methoxy groups -OCH3 is 1. The summed E-state index contributed by atoms with van der Waals surface area (Å²) in [6, 6.07) is 9.05. The van der Waals surface area contributed by atoms with Gasteiger partial charge in [-0.2, -0.15) is 0 Å². The first kappa shape index (κ1) is 22.8. The van der Waals surface area contributed by atoms with E-state index in [-0.39, 0.29) is 17.7 Å². The number of nitrogens with one attached hydrogen (secondary N) is 1. The van der Waals surface area contributed by atoms with Gasteiger partial charge < -0.3 is 19.4 Å². The molecule has 4 rings (SSSR count). The maximum absolute atomic E-state index is 12.8. The van der Waals surface area contributed by atoms with Crippen molar-refractivity contribution in [2.24, 2.45) is 14.1 Å². The minimum atomic E-state index is -0.608. The quantitative estimate of drug-likeness (QED) is 0.408. The fourth-order valence-corrected chi connectivity index (χ4v) is 3.52. The number of nitrogens with zero attached hydrogens (tertiary/aromatic N) is 5. The molecule has 176 valence electrons. The lowest BCUT2D eigenvalue weighted by molar-refractivity contribution is -0.121. The molecule has 0 bridgehead atoms. The molecule has 0 spiro atoms. The summed E-state index contributed by atoms with van der Waals surface area (Å²) in [6.07, 6.45) is 4.84. The molecule has 0 atom stereocenters. The monoisotopic (exact) mass is 464 g/mol. The Kier molecular flexibility index (Phi) is 6.44. The molecular weight excluding hydrogens is 440 g/mol. The van der Waals surface area contributed by atoms with Crippen LogP contribution in [0.25, 0.3) is 11.2 Å². The van der Waals surface area contributed by atoms with Gasteiger partial charge in [-0.05, 0) is 35.4 Å². The maximum Gasteiger partial charge on any atom is 0.332 e. The van der Waals surface area contributed by atoms with Crippen LogP contribution in [-0.2, 0) is 38.6 Å². The summed E-state index contributed by atoms with van der Waals surface area (Å²) in [6.45, 7) is 0.138. The molecule has 11 heteroatoms. The second-order valence-corrected chi connectivity index (χ2v) is 7.67. The number of hydrogen-bond acceptors (Lipinski definition) is 7. The molecule has 0 radical (unpaired) electrons. The fraction of sp³-hybridized carbons (Fsp3) is 0.261. The van der Waals surface area contributed by atoms with Gasteiger partial charge in [0.15, 0.2) is 22.7 Å². The van der Waals surface area contributed by atoms with Gasteiger partial charge in [0.05, 0.1) is 13.4 Å². The van der Waals surface area contributed by atoms with Gasteiger partial charge in [-0.25, -0.2) is 14.3 Å². The number of carbonyl (C=O) groups is 1. The van der Waals surface area contributed by atoms with Crippen molar-refractivity contribution in [2.45, 2.75) is 19.7 Å². The number of ether oxygens (including phenoxy) is 2. The number of imidazole rings is 1. The second-order valence-electron chi connectivity index (χ2n) is 7.67. The van der Waals surface area contributed by atoms with Crippen LogP contribution in [0.3, 0.4) is 0 Å². The van der Waals surface area contributed by atoms with Gasteiger partial charge in [-0.15, -0.1) is 0 Å². The van der Waals surface area contributed by atoms with E-state index >= 15 is 0 Å². The first-order valence-electron chi connectivity index (χ1n) is 10.4. The smallest absolute Gasteiger partial charge is 0.332 e. The minimum Gasteiger partial charge on any atom is -0.493 e. The average Bonchev–Trinajstić information content (AvgIpc) is 3.25. The molecule has 4 aromatic rings. The van der Waals surface area contributed by atoms with Crippen molar-refractivity contribution in [3.63, 3.8) is 0 Å². The van der Waals surface area contributed by atoms with Crippen LogP contribution < -0.4 is 26.0 Å². The maximum atomic E-state index is 12.8. The van der Waals surface area contributed by atoms with E-state index in [1.807, 2.05) is 12.1 Å². The molecule has 34 heavy (non-hydrogen) atoms. The summed E-state index contributed by atoms with van der Waals surface area (Å²) in [5, 5.41) is 2.73. The molecule has 0 fully saturated rings. The number of fused-ring (bicyclic) bond motifs is 1. The Morgan fingerprint density at radius 2 is 1.82 bits per heavy atom. The first-order valence-corrected chi connectivity index (χ1v) is 10.4. The van der Waals surface area contributed by atoms with Gasteiger partial charge in [0.1, 0.15) is 13.2 Å². The van der Waals surface area contributed by atoms with Crippen molar-refractivity contribution in [1.82, 2.24) is 29.0 Å². The van der Waals surface area contributed by atoms with Crippen LogP contribution in [-0.4, -0.2) is 36.7 Å². The number of benzene rings is 1. The zero-order valence-corrected chi connectivity index (χ0v) is 19.0.